The Labute approximate surface area is 222 Å². The van der Waals surface area contributed by atoms with Crippen LogP contribution in [-0.4, -0.2) is 9.72 Å². The van der Waals surface area contributed by atoms with Gasteiger partial charge in [0.25, 0.3) is 0 Å². The molecule has 1 unspecified atom stereocenters. The quantitative estimate of drug-likeness (QED) is 0.197. The molecule has 4 aromatic carbocycles. The third-order valence-electron chi connectivity index (χ3n) is 6.66. The minimum atomic E-state index is -2.60. The number of fused-ring (bicyclic) bond motifs is 3. The normalized spacial score (nSPS) is 13.6. The van der Waals surface area contributed by atoms with Crippen molar-refractivity contribution >= 4 is 56.0 Å². The molecular weight excluding hydrogens is 527 g/mol. The average Bonchev–Trinajstić information content (AvgIpc) is 3.17. The van der Waals surface area contributed by atoms with Gasteiger partial charge in [0.2, 0.25) is 0 Å². The maximum atomic E-state index is 7.07. The van der Waals surface area contributed by atoms with Crippen LogP contribution in [0.25, 0.3) is 21.8 Å². The first-order valence-electron chi connectivity index (χ1n) is 12.4. The van der Waals surface area contributed by atoms with Crippen molar-refractivity contribution < 1.29 is 4.52 Å². The fourth-order valence-corrected chi connectivity index (χ4v) is 8.27. The van der Waals surface area contributed by atoms with Crippen molar-refractivity contribution in [2.75, 3.05) is 0 Å². The summed E-state index contributed by atoms with van der Waals surface area (Å²) in [4.78, 5) is 0. The lowest BCUT2D eigenvalue weighted by molar-refractivity contribution is 0.571. The summed E-state index contributed by atoms with van der Waals surface area (Å²) >= 11 is 3.62. The number of hydrogen-bond donors (Lipinski definition) is 0. The second-order valence-electron chi connectivity index (χ2n) is 10.2. The molecule has 0 N–H and O–H groups in total. The number of nitrogens with zero attached hydrogens (tertiary/aromatic N) is 2. The lowest BCUT2D eigenvalue weighted by Crippen LogP contribution is -2.27. The van der Waals surface area contributed by atoms with Crippen LogP contribution in [0.15, 0.2) is 100 Å². The average molecular weight is 559 g/mol. The van der Waals surface area contributed by atoms with Gasteiger partial charge < -0.3 is 9.09 Å². The van der Waals surface area contributed by atoms with Gasteiger partial charge in [-0.05, 0) is 68.4 Å². The van der Waals surface area contributed by atoms with Crippen LogP contribution in [0.3, 0.4) is 0 Å². The Balaban J connectivity index is 1.84. The van der Waals surface area contributed by atoms with Gasteiger partial charge >= 0.3 is 0 Å². The van der Waals surface area contributed by atoms with Gasteiger partial charge in [-0.3, -0.25) is 0 Å². The van der Waals surface area contributed by atoms with E-state index in [1.807, 2.05) is 24.3 Å². The SMILES string of the molecule is CCn1c2ccccc2c2cc(P(=Nc3ccc(C)cc3)(Oc3cccc(Br)c3)C(C)(C)C)ccc21. The number of para-hydroxylation sites is 1. The Morgan fingerprint density at radius 2 is 1.56 bits per heavy atom. The number of aromatic nitrogens is 1. The van der Waals surface area contributed by atoms with Crippen molar-refractivity contribution in [2.24, 2.45) is 4.74 Å². The molecule has 3 nitrogen and oxygen atoms in total. The van der Waals surface area contributed by atoms with E-state index < -0.39 is 7.28 Å². The molecule has 184 valence electrons. The zero-order valence-corrected chi connectivity index (χ0v) is 24.0. The van der Waals surface area contributed by atoms with E-state index in [9.17, 15) is 0 Å². The van der Waals surface area contributed by atoms with Crippen LogP contribution in [0.5, 0.6) is 5.75 Å². The van der Waals surface area contributed by atoms with Gasteiger partial charge in [-0.25, -0.2) is 4.74 Å². The van der Waals surface area contributed by atoms with Gasteiger partial charge in [0.1, 0.15) is 5.75 Å². The van der Waals surface area contributed by atoms with E-state index in [4.69, 9.17) is 9.27 Å². The van der Waals surface area contributed by atoms with Crippen LogP contribution < -0.4 is 9.83 Å². The van der Waals surface area contributed by atoms with Gasteiger partial charge in [0.15, 0.2) is 7.28 Å². The summed E-state index contributed by atoms with van der Waals surface area (Å²) in [7, 11) is -2.60. The van der Waals surface area contributed by atoms with Crippen LogP contribution in [0, 0.1) is 6.92 Å². The van der Waals surface area contributed by atoms with Crippen molar-refractivity contribution in [2.45, 2.75) is 46.3 Å². The van der Waals surface area contributed by atoms with E-state index in [0.29, 0.717) is 0 Å². The molecule has 5 rings (SSSR count). The summed E-state index contributed by atoms with van der Waals surface area (Å²) in [5.41, 5.74) is 4.66. The van der Waals surface area contributed by atoms with Crippen LogP contribution in [0.4, 0.5) is 5.69 Å². The summed E-state index contributed by atoms with van der Waals surface area (Å²) in [5.74, 6) is 0.819. The maximum absolute atomic E-state index is 7.07. The van der Waals surface area contributed by atoms with Crippen LogP contribution >= 0.6 is 23.2 Å². The third kappa shape index (κ3) is 4.42. The van der Waals surface area contributed by atoms with E-state index in [-0.39, 0.29) is 5.16 Å². The molecule has 0 bridgehead atoms. The molecule has 0 aliphatic heterocycles. The monoisotopic (exact) mass is 558 g/mol. The van der Waals surface area contributed by atoms with Crippen molar-refractivity contribution in [1.82, 2.24) is 4.57 Å². The van der Waals surface area contributed by atoms with Crippen molar-refractivity contribution in [3.63, 3.8) is 0 Å². The lowest BCUT2D eigenvalue weighted by Gasteiger charge is -2.37. The predicted molar refractivity (Wildman–Crippen MR) is 159 cm³/mol. The predicted octanol–water partition coefficient (Wildman–Crippen LogP) is 9.84. The summed E-state index contributed by atoms with van der Waals surface area (Å²) in [5, 5.41) is 3.40. The molecule has 0 radical (unpaired) electrons. The molecule has 0 spiro atoms. The number of rotatable bonds is 5. The number of aryl methyl sites for hydroxylation is 2. The molecule has 0 aliphatic rings. The molecule has 0 aliphatic carbocycles. The highest BCUT2D eigenvalue weighted by Gasteiger charge is 2.39. The molecule has 0 saturated carbocycles. The smallest absolute Gasteiger partial charge is 0.173 e. The summed E-state index contributed by atoms with van der Waals surface area (Å²) in [6.07, 6.45) is 0. The molecular formula is C31H32BrN2OP. The molecule has 0 saturated heterocycles. The molecule has 5 aromatic rings. The first-order chi connectivity index (χ1) is 17.2. The van der Waals surface area contributed by atoms with Gasteiger partial charge in [0, 0.05) is 43.3 Å². The second-order valence-corrected chi connectivity index (χ2v) is 14.5. The van der Waals surface area contributed by atoms with E-state index in [1.165, 1.54) is 27.4 Å². The summed E-state index contributed by atoms with van der Waals surface area (Å²) in [6.45, 7) is 12.0. The topological polar surface area (TPSA) is 26.5 Å². The second kappa shape index (κ2) is 9.57. The van der Waals surface area contributed by atoms with E-state index in [2.05, 4.69) is 122 Å². The standard InChI is InChI=1S/C31H32BrN2OP/c1-6-34-29-13-8-7-12-27(29)28-21-26(18-19-30(28)34)36(31(3,4)5,33-24-16-14-22(2)15-17-24)35-25-11-9-10-23(32)20-25/h7-21H,6H2,1-5H3. The van der Waals surface area contributed by atoms with E-state index in [0.717, 1.165) is 27.8 Å². The van der Waals surface area contributed by atoms with Crippen molar-refractivity contribution in [3.05, 3.63) is 101 Å². The minimum Gasteiger partial charge on any atom is -0.455 e. The lowest BCUT2D eigenvalue weighted by atomic mass is 10.1. The Morgan fingerprint density at radius 1 is 0.833 bits per heavy atom. The van der Waals surface area contributed by atoms with E-state index in [1.54, 1.807) is 0 Å². The molecule has 0 amide bonds. The Hall–Kier alpha value is -2.81. The number of benzene rings is 4. The fourth-order valence-electron chi connectivity index (χ4n) is 4.83. The zero-order valence-electron chi connectivity index (χ0n) is 21.5. The van der Waals surface area contributed by atoms with Crippen LogP contribution in [-0.2, 0) is 6.54 Å². The van der Waals surface area contributed by atoms with Crippen molar-refractivity contribution in [3.8, 4) is 5.75 Å². The molecule has 1 atom stereocenters. The largest absolute Gasteiger partial charge is 0.455 e. The van der Waals surface area contributed by atoms with E-state index >= 15 is 0 Å². The number of halogens is 1. The number of hydrogen-bond acceptors (Lipinski definition) is 2. The molecule has 36 heavy (non-hydrogen) atoms. The summed E-state index contributed by atoms with van der Waals surface area (Å²) < 4.78 is 15.9. The highest BCUT2D eigenvalue weighted by Crippen LogP contribution is 2.62. The molecule has 1 heterocycles. The first-order valence-corrected chi connectivity index (χ1v) is 14.8. The van der Waals surface area contributed by atoms with Gasteiger partial charge in [-0.2, -0.15) is 0 Å². The molecule has 1 aromatic heterocycles. The Bertz CT molecular complexity index is 1610. The van der Waals surface area contributed by atoms with Crippen molar-refractivity contribution in [1.29, 1.82) is 0 Å². The highest BCUT2D eigenvalue weighted by molar-refractivity contribution is 9.10. The van der Waals surface area contributed by atoms with Crippen LogP contribution in [0.1, 0.15) is 33.3 Å². The Kier molecular flexibility index (Phi) is 6.61. The van der Waals surface area contributed by atoms with Gasteiger partial charge in [-0.15, -0.1) is 0 Å². The fraction of sp³-hybridized carbons (Fsp3) is 0.226. The summed E-state index contributed by atoms with van der Waals surface area (Å²) in [6, 6.07) is 32.0. The first kappa shape index (κ1) is 24.9. The third-order valence-corrected chi connectivity index (χ3v) is 10.9. The van der Waals surface area contributed by atoms with Gasteiger partial charge in [0.05, 0.1) is 5.69 Å². The maximum Gasteiger partial charge on any atom is 0.173 e. The minimum absolute atomic E-state index is 0.253. The molecule has 0 fully saturated rings. The highest BCUT2D eigenvalue weighted by atomic mass is 79.9. The van der Waals surface area contributed by atoms with Crippen LogP contribution in [0.2, 0.25) is 0 Å². The van der Waals surface area contributed by atoms with Gasteiger partial charge in [-0.1, -0.05) is 78.7 Å². The Morgan fingerprint density at radius 3 is 2.25 bits per heavy atom. The molecule has 5 heteroatoms. The zero-order chi connectivity index (χ0) is 25.5.